The minimum absolute atomic E-state index is 0.212. The number of benzene rings is 2. The average Bonchev–Trinajstić information content (AvgIpc) is 2.92. The Balaban J connectivity index is 1.99. The molecule has 0 radical (unpaired) electrons. The summed E-state index contributed by atoms with van der Waals surface area (Å²) < 4.78 is 13.7. The van der Waals surface area contributed by atoms with E-state index in [1.54, 1.807) is 30.3 Å². The van der Waals surface area contributed by atoms with Crippen molar-refractivity contribution in [3.63, 3.8) is 0 Å². The quantitative estimate of drug-likeness (QED) is 0.699. The molecule has 20 heavy (non-hydrogen) atoms. The van der Waals surface area contributed by atoms with E-state index in [0.29, 0.717) is 4.47 Å². The summed E-state index contributed by atoms with van der Waals surface area (Å²) >= 11 is 4.66. The second kappa shape index (κ2) is 5.34. The molecule has 3 aromatic rings. The van der Waals surface area contributed by atoms with Gasteiger partial charge in [0, 0.05) is 16.5 Å². The van der Waals surface area contributed by atoms with E-state index in [4.69, 9.17) is 0 Å². The van der Waals surface area contributed by atoms with Gasteiger partial charge in [-0.05, 0) is 46.3 Å². The van der Waals surface area contributed by atoms with Crippen LogP contribution in [0.5, 0.6) is 5.75 Å². The van der Waals surface area contributed by atoms with Crippen LogP contribution in [0.3, 0.4) is 0 Å². The molecule has 0 aliphatic rings. The molecule has 100 valence electrons. The van der Waals surface area contributed by atoms with Crippen molar-refractivity contribution in [2.24, 2.45) is 0 Å². The Morgan fingerprint density at radius 2 is 1.95 bits per heavy atom. The van der Waals surface area contributed by atoms with Gasteiger partial charge in [0.05, 0.1) is 10.2 Å². The van der Waals surface area contributed by atoms with E-state index < -0.39 is 0 Å². The Morgan fingerprint density at radius 3 is 2.70 bits per heavy atom. The number of hydrogen-bond acceptors (Lipinski definition) is 3. The first-order valence-electron chi connectivity index (χ1n) is 5.84. The maximum Gasteiger partial charge on any atom is 0.137 e. The first kappa shape index (κ1) is 13.3. The number of thiazole rings is 1. The molecule has 1 aromatic heterocycles. The van der Waals surface area contributed by atoms with Crippen molar-refractivity contribution in [2.45, 2.75) is 0 Å². The summed E-state index contributed by atoms with van der Waals surface area (Å²) in [7, 11) is 0. The maximum absolute atomic E-state index is 13.2. The van der Waals surface area contributed by atoms with Crippen molar-refractivity contribution in [2.75, 3.05) is 0 Å². The van der Waals surface area contributed by atoms with Crippen LogP contribution in [0.15, 0.2) is 52.3 Å². The molecular weight excluding hydrogens is 341 g/mol. The summed E-state index contributed by atoms with van der Waals surface area (Å²) in [5, 5.41) is 12.2. The number of nitrogens with zero attached hydrogens (tertiary/aromatic N) is 1. The van der Waals surface area contributed by atoms with Gasteiger partial charge in [-0.1, -0.05) is 12.1 Å². The number of hydrogen-bond donors (Lipinski definition) is 1. The third-order valence-corrected chi connectivity index (χ3v) is 4.31. The average molecular weight is 350 g/mol. The molecule has 0 aliphatic carbocycles. The van der Waals surface area contributed by atoms with Crippen LogP contribution in [0, 0.1) is 5.82 Å². The lowest BCUT2D eigenvalue weighted by molar-refractivity contribution is 0.475. The number of aromatic nitrogens is 1. The van der Waals surface area contributed by atoms with E-state index in [-0.39, 0.29) is 11.6 Å². The molecule has 0 atom stereocenters. The zero-order valence-corrected chi connectivity index (χ0v) is 12.6. The van der Waals surface area contributed by atoms with E-state index in [2.05, 4.69) is 20.9 Å². The monoisotopic (exact) mass is 349 g/mol. The van der Waals surface area contributed by atoms with Gasteiger partial charge in [0.15, 0.2) is 0 Å². The lowest BCUT2D eigenvalue weighted by Crippen LogP contribution is -1.82. The van der Waals surface area contributed by atoms with Crippen LogP contribution in [0.2, 0.25) is 0 Å². The van der Waals surface area contributed by atoms with Crippen LogP contribution in [0.25, 0.3) is 21.8 Å². The summed E-state index contributed by atoms with van der Waals surface area (Å²) in [6, 6.07) is 11.8. The third-order valence-electron chi connectivity index (χ3n) is 2.81. The molecule has 0 saturated carbocycles. The van der Waals surface area contributed by atoms with E-state index in [0.717, 1.165) is 21.8 Å². The Bertz CT molecular complexity index is 772. The molecule has 0 unspecified atom stereocenters. The van der Waals surface area contributed by atoms with Gasteiger partial charge in [-0.2, -0.15) is 0 Å². The lowest BCUT2D eigenvalue weighted by atomic mass is 10.2. The van der Waals surface area contributed by atoms with E-state index in [1.807, 2.05) is 11.4 Å². The van der Waals surface area contributed by atoms with Crippen LogP contribution in [-0.2, 0) is 0 Å². The van der Waals surface area contributed by atoms with Crippen molar-refractivity contribution in [3.05, 3.63) is 58.1 Å². The van der Waals surface area contributed by atoms with Crippen molar-refractivity contribution in [1.82, 2.24) is 4.98 Å². The number of phenols is 1. The molecule has 0 bridgehead atoms. The minimum atomic E-state index is -0.294. The predicted molar refractivity (Wildman–Crippen MR) is 82.3 cm³/mol. The van der Waals surface area contributed by atoms with Crippen LogP contribution in [-0.4, -0.2) is 10.1 Å². The molecule has 0 spiro atoms. The summed E-state index contributed by atoms with van der Waals surface area (Å²) in [6.07, 6.45) is 0. The number of halogens is 2. The molecule has 1 N–H and O–H groups in total. The molecule has 0 amide bonds. The Kier molecular flexibility index (Phi) is 3.54. The van der Waals surface area contributed by atoms with Gasteiger partial charge in [0.1, 0.15) is 16.6 Å². The topological polar surface area (TPSA) is 33.1 Å². The minimum Gasteiger partial charge on any atom is -0.508 e. The van der Waals surface area contributed by atoms with Gasteiger partial charge < -0.3 is 5.11 Å². The Hall–Kier alpha value is -1.72. The standard InChI is InChI=1S/C15H9BrFNOS/c16-12-7-9(4-5-13(12)17)14-8-20-15(18-14)10-2-1-3-11(19)6-10/h1-8,19H. The van der Waals surface area contributed by atoms with Gasteiger partial charge in [-0.3, -0.25) is 0 Å². The molecule has 3 rings (SSSR count). The summed E-state index contributed by atoms with van der Waals surface area (Å²) in [5.74, 6) is -0.0824. The van der Waals surface area contributed by atoms with Crippen LogP contribution in [0.4, 0.5) is 4.39 Å². The Labute approximate surface area is 127 Å². The fourth-order valence-electron chi connectivity index (χ4n) is 1.83. The second-order valence-corrected chi connectivity index (χ2v) is 5.93. The highest BCUT2D eigenvalue weighted by atomic mass is 79.9. The van der Waals surface area contributed by atoms with Gasteiger partial charge in [0.2, 0.25) is 0 Å². The van der Waals surface area contributed by atoms with E-state index >= 15 is 0 Å². The van der Waals surface area contributed by atoms with Crippen LogP contribution < -0.4 is 0 Å². The fraction of sp³-hybridized carbons (Fsp3) is 0. The zero-order chi connectivity index (χ0) is 14.1. The van der Waals surface area contributed by atoms with Crippen molar-refractivity contribution < 1.29 is 9.50 Å². The molecular formula is C15H9BrFNOS. The van der Waals surface area contributed by atoms with Crippen LogP contribution >= 0.6 is 27.3 Å². The van der Waals surface area contributed by atoms with Crippen molar-refractivity contribution in [1.29, 1.82) is 0 Å². The molecule has 0 aliphatic heterocycles. The van der Waals surface area contributed by atoms with Crippen LogP contribution in [0.1, 0.15) is 0 Å². The zero-order valence-electron chi connectivity index (χ0n) is 10.2. The predicted octanol–water partition coefficient (Wildman–Crippen LogP) is 5.08. The Morgan fingerprint density at radius 1 is 1.10 bits per heavy atom. The molecule has 2 aromatic carbocycles. The van der Waals surface area contributed by atoms with Gasteiger partial charge in [-0.15, -0.1) is 11.3 Å². The first-order chi connectivity index (χ1) is 9.63. The SMILES string of the molecule is Oc1cccc(-c2nc(-c3ccc(F)c(Br)c3)cs2)c1. The summed E-state index contributed by atoms with van der Waals surface area (Å²) in [4.78, 5) is 4.53. The first-order valence-corrected chi connectivity index (χ1v) is 7.51. The lowest BCUT2D eigenvalue weighted by Gasteiger charge is -1.99. The fourth-order valence-corrected chi connectivity index (χ4v) is 3.04. The number of aromatic hydroxyl groups is 1. The smallest absolute Gasteiger partial charge is 0.137 e. The number of phenolic OH excluding ortho intramolecular Hbond substituents is 1. The largest absolute Gasteiger partial charge is 0.508 e. The number of rotatable bonds is 2. The summed E-state index contributed by atoms with van der Waals surface area (Å²) in [5.41, 5.74) is 2.50. The molecule has 5 heteroatoms. The van der Waals surface area contributed by atoms with E-state index in [1.165, 1.54) is 17.4 Å². The maximum atomic E-state index is 13.2. The molecule has 1 heterocycles. The molecule has 0 saturated heterocycles. The van der Waals surface area contributed by atoms with Gasteiger partial charge in [-0.25, -0.2) is 9.37 Å². The van der Waals surface area contributed by atoms with Gasteiger partial charge >= 0.3 is 0 Å². The highest BCUT2D eigenvalue weighted by Crippen LogP contribution is 2.31. The van der Waals surface area contributed by atoms with Crippen molar-refractivity contribution in [3.8, 4) is 27.6 Å². The van der Waals surface area contributed by atoms with Gasteiger partial charge in [0.25, 0.3) is 0 Å². The highest BCUT2D eigenvalue weighted by Gasteiger charge is 2.09. The molecule has 0 fully saturated rings. The highest BCUT2D eigenvalue weighted by molar-refractivity contribution is 9.10. The molecule has 2 nitrogen and oxygen atoms in total. The second-order valence-electron chi connectivity index (χ2n) is 4.22. The van der Waals surface area contributed by atoms with E-state index in [9.17, 15) is 9.50 Å². The summed E-state index contributed by atoms with van der Waals surface area (Å²) in [6.45, 7) is 0. The third kappa shape index (κ3) is 2.59. The van der Waals surface area contributed by atoms with Crippen molar-refractivity contribution >= 4 is 27.3 Å². The normalized spacial score (nSPS) is 10.7.